The number of hydrogen-bond acceptors (Lipinski definition) is 2. The molecule has 4 atom stereocenters. The van der Waals surface area contributed by atoms with Crippen molar-refractivity contribution in [2.24, 2.45) is 22.2 Å². The van der Waals surface area contributed by atoms with Crippen LogP contribution in [0, 0.1) is 22.2 Å². The van der Waals surface area contributed by atoms with Gasteiger partial charge >= 0.3 is 0 Å². The zero-order valence-corrected chi connectivity index (χ0v) is 13.5. The Morgan fingerprint density at radius 2 is 1.95 bits per heavy atom. The molecule has 3 nitrogen and oxygen atoms in total. The largest absolute Gasteiger partial charge is 0.352 e. The molecule has 1 heterocycles. The van der Waals surface area contributed by atoms with Gasteiger partial charge in [-0.05, 0) is 62.3 Å². The molecule has 2 N–H and O–H groups in total. The summed E-state index contributed by atoms with van der Waals surface area (Å²) in [7, 11) is 0. The van der Waals surface area contributed by atoms with E-state index in [1.165, 1.54) is 19.3 Å². The molecular formula is C17H30N2O. The Balaban J connectivity index is 1.75. The molecule has 0 aromatic heterocycles. The van der Waals surface area contributed by atoms with Gasteiger partial charge in [0.1, 0.15) is 0 Å². The van der Waals surface area contributed by atoms with Gasteiger partial charge < -0.3 is 10.6 Å². The molecule has 0 spiro atoms. The third-order valence-electron chi connectivity index (χ3n) is 6.69. The third kappa shape index (κ3) is 2.01. The number of carbonyl (C=O) groups is 1. The quantitative estimate of drug-likeness (QED) is 0.815. The molecule has 114 valence electrons. The molecule has 0 aromatic rings. The van der Waals surface area contributed by atoms with Gasteiger partial charge in [-0.1, -0.05) is 20.8 Å². The van der Waals surface area contributed by atoms with E-state index in [2.05, 4.69) is 38.3 Å². The van der Waals surface area contributed by atoms with E-state index in [0.29, 0.717) is 11.5 Å². The summed E-state index contributed by atoms with van der Waals surface area (Å²) in [5, 5.41) is 6.86. The Labute approximate surface area is 123 Å². The number of hydrogen-bond donors (Lipinski definition) is 2. The smallest absolute Gasteiger partial charge is 0.227 e. The number of fused-ring (bicyclic) bond motifs is 2. The maximum Gasteiger partial charge on any atom is 0.227 e. The summed E-state index contributed by atoms with van der Waals surface area (Å²) in [6, 6.07) is 0.347. The minimum absolute atomic E-state index is 0.216. The molecule has 0 radical (unpaired) electrons. The first-order valence-corrected chi connectivity index (χ1v) is 8.30. The molecule has 2 aliphatic carbocycles. The van der Waals surface area contributed by atoms with Crippen LogP contribution in [0.15, 0.2) is 0 Å². The molecule has 3 aliphatic rings. The minimum Gasteiger partial charge on any atom is -0.352 e. The van der Waals surface area contributed by atoms with E-state index in [9.17, 15) is 4.79 Å². The highest BCUT2D eigenvalue weighted by Gasteiger charge is 2.60. The average Bonchev–Trinajstić information content (AvgIpc) is 2.86. The maximum absolute atomic E-state index is 12.8. The predicted molar refractivity (Wildman–Crippen MR) is 81.4 cm³/mol. The first-order chi connectivity index (χ1) is 9.28. The molecule has 3 heteroatoms. The molecule has 1 aliphatic heterocycles. The Morgan fingerprint density at radius 1 is 1.20 bits per heavy atom. The minimum atomic E-state index is -0.216. The Bertz CT molecular complexity index is 406. The lowest BCUT2D eigenvalue weighted by molar-refractivity contribution is -0.134. The van der Waals surface area contributed by atoms with Crippen molar-refractivity contribution in [2.75, 3.05) is 13.1 Å². The summed E-state index contributed by atoms with van der Waals surface area (Å²) >= 11 is 0. The predicted octanol–water partition coefficient (Wildman–Crippen LogP) is 2.71. The van der Waals surface area contributed by atoms with Crippen LogP contribution in [0.25, 0.3) is 0 Å². The lowest BCUT2D eigenvalue weighted by atomic mass is 9.68. The van der Waals surface area contributed by atoms with Crippen LogP contribution in [0.3, 0.4) is 0 Å². The standard InChI is InChI=1S/C17H30N2O/c1-15(2)12-6-8-16(3,10-12)13(15)19-14(20)17(4)7-5-9-18-11-17/h12-13,18H,5-11H2,1-4H3,(H,19,20). The van der Waals surface area contributed by atoms with Crippen molar-refractivity contribution in [1.82, 2.24) is 10.6 Å². The Morgan fingerprint density at radius 3 is 2.50 bits per heavy atom. The molecule has 3 fully saturated rings. The number of carbonyl (C=O) groups excluding carboxylic acids is 1. The second-order valence-electron chi connectivity index (χ2n) is 8.66. The fourth-order valence-electron chi connectivity index (χ4n) is 5.22. The molecule has 20 heavy (non-hydrogen) atoms. The number of nitrogens with one attached hydrogen (secondary N) is 2. The summed E-state index contributed by atoms with van der Waals surface area (Å²) in [4.78, 5) is 12.8. The highest BCUT2D eigenvalue weighted by molar-refractivity contribution is 5.83. The van der Waals surface area contributed by atoms with Gasteiger partial charge in [-0.3, -0.25) is 4.79 Å². The highest BCUT2D eigenvalue weighted by Crippen LogP contribution is 2.62. The van der Waals surface area contributed by atoms with E-state index in [0.717, 1.165) is 31.8 Å². The van der Waals surface area contributed by atoms with Crippen LogP contribution in [-0.4, -0.2) is 25.0 Å². The monoisotopic (exact) mass is 278 g/mol. The fraction of sp³-hybridized carbons (Fsp3) is 0.941. The molecular weight excluding hydrogens is 248 g/mol. The fourth-order valence-corrected chi connectivity index (χ4v) is 5.22. The van der Waals surface area contributed by atoms with Crippen molar-refractivity contribution in [3.63, 3.8) is 0 Å². The van der Waals surface area contributed by atoms with Gasteiger partial charge in [-0.15, -0.1) is 0 Å². The van der Waals surface area contributed by atoms with E-state index >= 15 is 0 Å². The van der Waals surface area contributed by atoms with E-state index < -0.39 is 0 Å². The molecule has 4 unspecified atom stereocenters. The SMILES string of the molecule is CC1(C(=O)NC2C3(C)CCC(C3)C2(C)C)CCCNC1. The lowest BCUT2D eigenvalue weighted by Crippen LogP contribution is -2.57. The van der Waals surface area contributed by atoms with Gasteiger partial charge in [0, 0.05) is 12.6 Å². The van der Waals surface area contributed by atoms with Crippen LogP contribution in [0.1, 0.15) is 59.8 Å². The van der Waals surface area contributed by atoms with Crippen molar-refractivity contribution in [2.45, 2.75) is 65.8 Å². The van der Waals surface area contributed by atoms with Crippen molar-refractivity contribution in [3.8, 4) is 0 Å². The summed E-state index contributed by atoms with van der Waals surface area (Å²) < 4.78 is 0. The summed E-state index contributed by atoms with van der Waals surface area (Å²) in [5.74, 6) is 1.06. The van der Waals surface area contributed by atoms with Crippen LogP contribution in [0.4, 0.5) is 0 Å². The van der Waals surface area contributed by atoms with Crippen LogP contribution in [0.5, 0.6) is 0 Å². The molecule has 2 bridgehead atoms. The van der Waals surface area contributed by atoms with Crippen LogP contribution in [0.2, 0.25) is 0 Å². The summed E-state index contributed by atoms with van der Waals surface area (Å²) in [6.45, 7) is 11.1. The zero-order chi connectivity index (χ0) is 14.6. The molecule has 1 saturated heterocycles. The summed E-state index contributed by atoms with van der Waals surface area (Å²) in [6.07, 6.45) is 6.03. The van der Waals surface area contributed by atoms with Gasteiger partial charge in [0.2, 0.25) is 5.91 Å². The number of piperidine rings is 1. The van der Waals surface area contributed by atoms with Crippen LogP contribution in [-0.2, 0) is 4.79 Å². The lowest BCUT2D eigenvalue weighted by Gasteiger charge is -2.45. The van der Waals surface area contributed by atoms with Crippen LogP contribution < -0.4 is 10.6 Å². The van der Waals surface area contributed by atoms with E-state index in [1.54, 1.807) is 0 Å². The van der Waals surface area contributed by atoms with E-state index in [-0.39, 0.29) is 16.7 Å². The zero-order valence-electron chi connectivity index (χ0n) is 13.5. The first-order valence-electron chi connectivity index (χ1n) is 8.30. The maximum atomic E-state index is 12.8. The summed E-state index contributed by atoms with van der Waals surface area (Å²) in [5.41, 5.74) is 0.357. The van der Waals surface area contributed by atoms with Crippen molar-refractivity contribution >= 4 is 5.91 Å². The van der Waals surface area contributed by atoms with Crippen molar-refractivity contribution in [3.05, 3.63) is 0 Å². The average molecular weight is 278 g/mol. The molecule has 0 aromatic carbocycles. The van der Waals surface area contributed by atoms with Gasteiger partial charge in [-0.25, -0.2) is 0 Å². The second-order valence-corrected chi connectivity index (χ2v) is 8.66. The van der Waals surface area contributed by atoms with Gasteiger partial charge in [0.05, 0.1) is 5.41 Å². The Kier molecular flexibility index (Phi) is 3.20. The normalized spacial score (nSPS) is 46.4. The van der Waals surface area contributed by atoms with Crippen molar-refractivity contribution < 1.29 is 4.79 Å². The number of amides is 1. The van der Waals surface area contributed by atoms with Gasteiger partial charge in [0.15, 0.2) is 0 Å². The van der Waals surface area contributed by atoms with Gasteiger partial charge in [0.25, 0.3) is 0 Å². The van der Waals surface area contributed by atoms with Gasteiger partial charge in [-0.2, -0.15) is 0 Å². The number of rotatable bonds is 2. The van der Waals surface area contributed by atoms with E-state index in [1.807, 2.05) is 0 Å². The third-order valence-corrected chi connectivity index (χ3v) is 6.69. The van der Waals surface area contributed by atoms with Crippen LogP contribution >= 0.6 is 0 Å². The highest BCUT2D eigenvalue weighted by atomic mass is 16.2. The van der Waals surface area contributed by atoms with Crippen molar-refractivity contribution in [1.29, 1.82) is 0 Å². The topological polar surface area (TPSA) is 41.1 Å². The Hall–Kier alpha value is -0.570. The molecule has 1 amide bonds. The van der Waals surface area contributed by atoms with E-state index in [4.69, 9.17) is 0 Å². The first kappa shape index (κ1) is 14.4. The molecule has 2 saturated carbocycles. The molecule has 3 rings (SSSR count). The second kappa shape index (κ2) is 4.46.